The van der Waals surface area contributed by atoms with Gasteiger partial charge in [0.25, 0.3) is 0 Å². The van der Waals surface area contributed by atoms with Gasteiger partial charge in [-0.25, -0.2) is 4.98 Å². The van der Waals surface area contributed by atoms with Crippen molar-refractivity contribution in [2.24, 2.45) is 0 Å². The van der Waals surface area contributed by atoms with Gasteiger partial charge < -0.3 is 5.32 Å². The lowest BCUT2D eigenvalue weighted by Crippen LogP contribution is -2.17. The Bertz CT molecular complexity index is 761. The predicted molar refractivity (Wildman–Crippen MR) is 80.6 cm³/mol. The van der Waals surface area contributed by atoms with Crippen LogP contribution in [0.15, 0.2) is 29.0 Å². The van der Waals surface area contributed by atoms with Crippen molar-refractivity contribution in [3.63, 3.8) is 0 Å². The zero-order valence-corrected chi connectivity index (χ0v) is 12.8. The lowest BCUT2D eigenvalue weighted by atomic mass is 10.1. The first kappa shape index (κ1) is 13.8. The fraction of sp³-hybridized carbons (Fsp3) is 0.267. The van der Waals surface area contributed by atoms with Gasteiger partial charge in [0.1, 0.15) is 18.5 Å². The monoisotopic (exact) mass is 341 g/mol. The second kappa shape index (κ2) is 5.69. The minimum atomic E-state index is 0.154. The number of imidazole rings is 1. The molecule has 1 aliphatic rings. The highest BCUT2D eigenvalue weighted by atomic mass is 79.9. The minimum absolute atomic E-state index is 0.154. The molecule has 5 nitrogen and oxygen atoms in total. The molecule has 104 valence electrons. The summed E-state index contributed by atoms with van der Waals surface area (Å²) in [5.74, 6) is 0. The lowest BCUT2D eigenvalue weighted by Gasteiger charge is -2.12. The largest absolute Gasteiger partial charge is 0.310 e. The first-order chi connectivity index (χ1) is 10.2. The molecule has 0 saturated heterocycles. The molecule has 0 amide bonds. The molecule has 0 spiro atoms. The van der Waals surface area contributed by atoms with Crippen molar-refractivity contribution in [1.82, 2.24) is 14.9 Å². The van der Waals surface area contributed by atoms with Gasteiger partial charge in [-0.1, -0.05) is 15.9 Å². The van der Waals surface area contributed by atoms with E-state index in [4.69, 9.17) is 5.26 Å². The van der Waals surface area contributed by atoms with Gasteiger partial charge in [0, 0.05) is 17.1 Å². The van der Waals surface area contributed by atoms with Crippen LogP contribution in [0, 0.1) is 22.7 Å². The van der Waals surface area contributed by atoms with E-state index >= 15 is 0 Å². The Kier molecular flexibility index (Phi) is 3.74. The molecule has 1 heterocycles. The van der Waals surface area contributed by atoms with E-state index in [1.165, 1.54) is 19.2 Å². The summed E-state index contributed by atoms with van der Waals surface area (Å²) in [7, 11) is 0. The number of rotatable bonds is 4. The van der Waals surface area contributed by atoms with E-state index in [0.29, 0.717) is 6.04 Å². The quantitative estimate of drug-likeness (QED) is 0.927. The summed E-state index contributed by atoms with van der Waals surface area (Å²) in [6, 6.07) is 10.5. The maximum Gasteiger partial charge on any atom is 0.177 e. The molecule has 2 aromatic rings. The molecule has 0 atom stereocenters. The van der Waals surface area contributed by atoms with Gasteiger partial charge >= 0.3 is 0 Å². The topological polar surface area (TPSA) is 77.4 Å². The minimum Gasteiger partial charge on any atom is -0.310 e. The SMILES string of the molecule is N#Cc1ncn(-c2ccc(Br)cc2CNC2CC2)c1C#N. The summed E-state index contributed by atoms with van der Waals surface area (Å²) in [6.07, 6.45) is 3.97. The molecule has 1 saturated carbocycles. The number of aromatic nitrogens is 2. The number of nitriles is 2. The summed E-state index contributed by atoms with van der Waals surface area (Å²) in [5.41, 5.74) is 2.36. The van der Waals surface area contributed by atoms with Gasteiger partial charge in [0.15, 0.2) is 11.4 Å². The first-order valence-electron chi connectivity index (χ1n) is 6.62. The highest BCUT2D eigenvalue weighted by Crippen LogP contribution is 2.24. The third-order valence-electron chi connectivity index (χ3n) is 3.44. The molecule has 1 aromatic heterocycles. The highest BCUT2D eigenvalue weighted by molar-refractivity contribution is 9.10. The molecule has 1 N–H and O–H groups in total. The molecule has 1 fully saturated rings. The van der Waals surface area contributed by atoms with Crippen molar-refractivity contribution >= 4 is 15.9 Å². The first-order valence-corrected chi connectivity index (χ1v) is 7.42. The Labute approximate surface area is 131 Å². The van der Waals surface area contributed by atoms with Gasteiger partial charge in [-0.3, -0.25) is 4.57 Å². The van der Waals surface area contributed by atoms with E-state index in [9.17, 15) is 5.26 Å². The summed E-state index contributed by atoms with van der Waals surface area (Å²) < 4.78 is 2.66. The molecule has 1 aromatic carbocycles. The summed E-state index contributed by atoms with van der Waals surface area (Å²) in [6.45, 7) is 0.727. The standard InChI is InChI=1S/C15H12BrN5/c16-11-1-4-14(10(5-11)8-19-12-2-3-12)21-9-20-13(6-17)15(21)7-18/h1,4-5,9,12,19H,2-3,8H2. The van der Waals surface area contributed by atoms with Crippen molar-refractivity contribution < 1.29 is 0 Å². The van der Waals surface area contributed by atoms with Crippen molar-refractivity contribution in [1.29, 1.82) is 10.5 Å². The molecule has 21 heavy (non-hydrogen) atoms. The number of nitrogens with one attached hydrogen (secondary N) is 1. The van der Waals surface area contributed by atoms with Crippen LogP contribution in [0.1, 0.15) is 29.8 Å². The maximum absolute atomic E-state index is 9.27. The van der Waals surface area contributed by atoms with Gasteiger partial charge in [0.05, 0.1) is 5.69 Å². The second-order valence-corrected chi connectivity index (χ2v) is 5.88. The smallest absolute Gasteiger partial charge is 0.177 e. The average molecular weight is 342 g/mol. The van der Waals surface area contributed by atoms with E-state index < -0.39 is 0 Å². The number of halogens is 1. The Morgan fingerprint density at radius 2 is 2.14 bits per heavy atom. The Morgan fingerprint density at radius 1 is 1.33 bits per heavy atom. The van der Waals surface area contributed by atoms with Crippen molar-refractivity contribution in [3.05, 3.63) is 46.0 Å². The Morgan fingerprint density at radius 3 is 2.81 bits per heavy atom. The zero-order valence-electron chi connectivity index (χ0n) is 11.2. The molecule has 1 aliphatic carbocycles. The number of benzene rings is 1. The number of hydrogen-bond donors (Lipinski definition) is 1. The van der Waals surface area contributed by atoms with E-state index in [1.807, 2.05) is 24.3 Å². The third kappa shape index (κ3) is 2.82. The van der Waals surface area contributed by atoms with Crippen LogP contribution >= 0.6 is 15.9 Å². The maximum atomic E-state index is 9.27. The van der Waals surface area contributed by atoms with Crippen LogP contribution in [-0.4, -0.2) is 15.6 Å². The number of hydrogen-bond acceptors (Lipinski definition) is 4. The molecule has 0 aliphatic heterocycles. The molecule has 0 unspecified atom stereocenters. The van der Waals surface area contributed by atoms with Crippen molar-refractivity contribution in [2.45, 2.75) is 25.4 Å². The Hall–Kier alpha value is -2.15. The van der Waals surface area contributed by atoms with Crippen molar-refractivity contribution in [3.8, 4) is 17.8 Å². The molecular weight excluding hydrogens is 330 g/mol. The van der Waals surface area contributed by atoms with Crippen LogP contribution in [0.25, 0.3) is 5.69 Å². The molecule has 0 radical (unpaired) electrons. The van der Waals surface area contributed by atoms with Gasteiger partial charge in [0.2, 0.25) is 0 Å². The van der Waals surface area contributed by atoms with Crippen LogP contribution in [0.2, 0.25) is 0 Å². The van der Waals surface area contributed by atoms with E-state index in [0.717, 1.165) is 22.3 Å². The van der Waals surface area contributed by atoms with Crippen LogP contribution in [0.3, 0.4) is 0 Å². The molecular formula is C15H12BrN5. The Balaban J connectivity index is 2.03. The fourth-order valence-electron chi connectivity index (χ4n) is 2.19. The van der Waals surface area contributed by atoms with Crippen LogP contribution < -0.4 is 5.32 Å². The summed E-state index contributed by atoms with van der Waals surface area (Å²) in [5, 5.41) is 21.7. The van der Waals surface area contributed by atoms with Crippen molar-refractivity contribution in [2.75, 3.05) is 0 Å². The second-order valence-electron chi connectivity index (χ2n) is 4.96. The van der Waals surface area contributed by atoms with Crippen LogP contribution in [0.5, 0.6) is 0 Å². The lowest BCUT2D eigenvalue weighted by molar-refractivity contribution is 0.684. The number of nitrogens with zero attached hydrogens (tertiary/aromatic N) is 4. The molecule has 6 heteroatoms. The van der Waals surface area contributed by atoms with Crippen LogP contribution in [0.4, 0.5) is 0 Å². The van der Waals surface area contributed by atoms with E-state index in [-0.39, 0.29) is 11.4 Å². The normalized spacial score (nSPS) is 13.7. The van der Waals surface area contributed by atoms with E-state index in [2.05, 4.69) is 32.3 Å². The van der Waals surface area contributed by atoms with Gasteiger partial charge in [-0.05, 0) is 36.6 Å². The summed E-state index contributed by atoms with van der Waals surface area (Å²) >= 11 is 3.48. The molecule has 0 bridgehead atoms. The highest BCUT2D eigenvalue weighted by Gasteiger charge is 2.21. The van der Waals surface area contributed by atoms with Gasteiger partial charge in [-0.2, -0.15) is 10.5 Å². The average Bonchev–Trinajstić information content (AvgIpc) is 3.23. The summed E-state index contributed by atoms with van der Waals surface area (Å²) in [4.78, 5) is 4.00. The van der Waals surface area contributed by atoms with Crippen LogP contribution in [-0.2, 0) is 6.54 Å². The third-order valence-corrected chi connectivity index (χ3v) is 3.93. The fourth-order valence-corrected chi connectivity index (χ4v) is 2.60. The predicted octanol–water partition coefficient (Wildman–Crippen LogP) is 2.63. The van der Waals surface area contributed by atoms with Gasteiger partial charge in [-0.15, -0.1) is 0 Å². The zero-order chi connectivity index (χ0) is 14.8. The molecule has 3 rings (SSSR count). The van der Waals surface area contributed by atoms with E-state index in [1.54, 1.807) is 4.57 Å².